The van der Waals surface area contributed by atoms with E-state index in [1.165, 1.54) is 11.3 Å². The summed E-state index contributed by atoms with van der Waals surface area (Å²) in [6.07, 6.45) is 0. The average molecular weight is 339 g/mol. The molecule has 0 atom stereocenters. The van der Waals surface area contributed by atoms with E-state index in [-0.39, 0.29) is 5.91 Å². The van der Waals surface area contributed by atoms with E-state index in [0.29, 0.717) is 29.4 Å². The molecule has 1 aromatic heterocycles. The summed E-state index contributed by atoms with van der Waals surface area (Å²) in [5.41, 5.74) is 1.26. The summed E-state index contributed by atoms with van der Waals surface area (Å²) in [6.45, 7) is 2.56. The number of carbonyl (C=O) groups excluding carboxylic acids is 1. The molecular weight excluding hydrogens is 322 g/mol. The lowest BCUT2D eigenvalue weighted by atomic mass is 10.2. The molecule has 1 amide bonds. The Balaban J connectivity index is 1.75. The number of hydrogen-bond donors (Lipinski definition) is 1. The van der Waals surface area contributed by atoms with E-state index < -0.39 is 0 Å². The third-order valence-electron chi connectivity index (χ3n) is 3.28. The molecule has 0 saturated heterocycles. The van der Waals surface area contributed by atoms with E-state index in [4.69, 9.17) is 9.47 Å². The minimum Gasteiger partial charge on any atom is -0.494 e. The first-order valence-corrected chi connectivity index (χ1v) is 8.54. The Bertz CT molecular complexity index is 798. The van der Waals surface area contributed by atoms with E-state index >= 15 is 0 Å². The maximum atomic E-state index is 12.2. The van der Waals surface area contributed by atoms with Crippen LogP contribution in [0.4, 0.5) is 5.69 Å². The van der Waals surface area contributed by atoms with Crippen molar-refractivity contribution in [2.24, 2.45) is 0 Å². The normalized spacial score (nSPS) is 10.2. The first-order chi connectivity index (χ1) is 11.8. The number of thiophene rings is 1. The van der Waals surface area contributed by atoms with Crippen LogP contribution in [0.25, 0.3) is 0 Å². The zero-order chi connectivity index (χ0) is 16.8. The lowest BCUT2D eigenvalue weighted by molar-refractivity contribution is 0.102. The van der Waals surface area contributed by atoms with Gasteiger partial charge in [-0.15, -0.1) is 0 Å². The van der Waals surface area contributed by atoms with Gasteiger partial charge in [-0.2, -0.15) is 11.3 Å². The molecule has 24 heavy (non-hydrogen) atoms. The van der Waals surface area contributed by atoms with Gasteiger partial charge >= 0.3 is 0 Å². The highest BCUT2D eigenvalue weighted by Crippen LogP contribution is 2.30. The van der Waals surface area contributed by atoms with Crippen molar-refractivity contribution in [1.29, 1.82) is 0 Å². The summed E-state index contributed by atoms with van der Waals surface area (Å²) in [4.78, 5) is 12.2. The van der Waals surface area contributed by atoms with Gasteiger partial charge in [0.2, 0.25) is 0 Å². The maximum absolute atomic E-state index is 12.2. The molecule has 3 rings (SSSR count). The molecule has 0 bridgehead atoms. The minimum absolute atomic E-state index is 0.154. The molecule has 0 spiro atoms. The Morgan fingerprint density at radius 2 is 1.79 bits per heavy atom. The Hall–Kier alpha value is -2.79. The number of benzene rings is 2. The van der Waals surface area contributed by atoms with Crippen molar-refractivity contribution in [3.05, 3.63) is 70.9 Å². The second-order valence-corrected chi connectivity index (χ2v) is 5.75. The number of amides is 1. The molecule has 0 fully saturated rings. The predicted octanol–water partition coefficient (Wildman–Crippen LogP) is 5.19. The van der Waals surface area contributed by atoms with Gasteiger partial charge in [0.15, 0.2) is 5.75 Å². The highest BCUT2D eigenvalue weighted by Gasteiger charge is 2.10. The van der Waals surface area contributed by atoms with Crippen molar-refractivity contribution in [3.63, 3.8) is 0 Å². The monoisotopic (exact) mass is 339 g/mol. The molecule has 0 aliphatic carbocycles. The molecule has 3 aromatic rings. The molecule has 0 radical (unpaired) electrons. The summed E-state index contributed by atoms with van der Waals surface area (Å²) in [6, 6.07) is 16.5. The lowest BCUT2D eigenvalue weighted by Gasteiger charge is -2.12. The van der Waals surface area contributed by atoms with Crippen molar-refractivity contribution in [2.45, 2.75) is 6.92 Å². The summed E-state index contributed by atoms with van der Waals surface area (Å²) in [5.74, 6) is 1.91. The quantitative estimate of drug-likeness (QED) is 0.672. The third-order valence-corrected chi connectivity index (χ3v) is 3.96. The van der Waals surface area contributed by atoms with Gasteiger partial charge in [-0.1, -0.05) is 12.1 Å². The van der Waals surface area contributed by atoms with Crippen molar-refractivity contribution >= 4 is 22.9 Å². The van der Waals surface area contributed by atoms with Crippen LogP contribution in [0.3, 0.4) is 0 Å². The van der Waals surface area contributed by atoms with E-state index in [1.807, 2.05) is 66.2 Å². The van der Waals surface area contributed by atoms with Crippen LogP contribution < -0.4 is 14.8 Å². The molecule has 0 unspecified atom stereocenters. The zero-order valence-electron chi connectivity index (χ0n) is 13.2. The highest BCUT2D eigenvalue weighted by molar-refractivity contribution is 7.08. The topological polar surface area (TPSA) is 47.6 Å². The number of ether oxygens (including phenoxy) is 2. The fraction of sp³-hybridized carbons (Fsp3) is 0.105. The van der Waals surface area contributed by atoms with Crippen LogP contribution in [0.2, 0.25) is 0 Å². The van der Waals surface area contributed by atoms with Gasteiger partial charge in [-0.3, -0.25) is 4.79 Å². The third kappa shape index (κ3) is 3.94. The molecule has 1 N–H and O–H groups in total. The molecule has 2 aromatic carbocycles. The highest BCUT2D eigenvalue weighted by atomic mass is 32.1. The average Bonchev–Trinajstić information content (AvgIpc) is 3.13. The first kappa shape index (κ1) is 16.1. The van der Waals surface area contributed by atoms with E-state index in [1.54, 1.807) is 6.07 Å². The molecule has 122 valence electrons. The SMILES string of the molecule is CCOc1ccc(Oc2ccccc2NC(=O)c2ccsc2)cc1. The van der Waals surface area contributed by atoms with Crippen LogP contribution >= 0.6 is 11.3 Å². The van der Waals surface area contributed by atoms with E-state index in [0.717, 1.165) is 5.75 Å². The standard InChI is InChI=1S/C19H17NO3S/c1-2-22-15-7-9-16(10-8-15)23-18-6-4-3-5-17(18)20-19(21)14-11-12-24-13-14/h3-13H,2H2,1H3,(H,20,21). The first-order valence-electron chi connectivity index (χ1n) is 7.59. The van der Waals surface area contributed by atoms with Crippen molar-refractivity contribution < 1.29 is 14.3 Å². The van der Waals surface area contributed by atoms with Gasteiger partial charge in [0, 0.05) is 5.38 Å². The van der Waals surface area contributed by atoms with E-state index in [2.05, 4.69) is 5.32 Å². The van der Waals surface area contributed by atoms with Gasteiger partial charge in [0.1, 0.15) is 11.5 Å². The molecule has 0 aliphatic heterocycles. The van der Waals surface area contributed by atoms with Crippen LogP contribution in [-0.4, -0.2) is 12.5 Å². The van der Waals surface area contributed by atoms with Crippen molar-refractivity contribution in [3.8, 4) is 17.2 Å². The molecular formula is C19H17NO3S. The van der Waals surface area contributed by atoms with Crippen LogP contribution in [0.5, 0.6) is 17.2 Å². The van der Waals surface area contributed by atoms with E-state index in [9.17, 15) is 4.79 Å². The maximum Gasteiger partial charge on any atom is 0.256 e. The number of hydrogen-bond acceptors (Lipinski definition) is 4. The van der Waals surface area contributed by atoms with Gasteiger partial charge in [0.05, 0.1) is 17.9 Å². The predicted molar refractivity (Wildman–Crippen MR) is 96.4 cm³/mol. The van der Waals surface area contributed by atoms with Crippen molar-refractivity contribution in [1.82, 2.24) is 0 Å². The smallest absolute Gasteiger partial charge is 0.256 e. The summed E-state index contributed by atoms with van der Waals surface area (Å²) < 4.78 is 11.3. The second-order valence-electron chi connectivity index (χ2n) is 4.97. The largest absolute Gasteiger partial charge is 0.494 e. The zero-order valence-corrected chi connectivity index (χ0v) is 14.0. The minimum atomic E-state index is -0.154. The van der Waals surface area contributed by atoms with Crippen LogP contribution in [0.15, 0.2) is 65.4 Å². The summed E-state index contributed by atoms with van der Waals surface area (Å²) in [5, 5.41) is 6.57. The molecule has 0 aliphatic rings. The number of nitrogens with one attached hydrogen (secondary N) is 1. The van der Waals surface area contributed by atoms with Gasteiger partial charge in [-0.05, 0) is 54.8 Å². The van der Waals surface area contributed by atoms with Gasteiger partial charge < -0.3 is 14.8 Å². The van der Waals surface area contributed by atoms with Crippen LogP contribution in [-0.2, 0) is 0 Å². The molecule has 1 heterocycles. The number of para-hydroxylation sites is 2. The van der Waals surface area contributed by atoms with Gasteiger partial charge in [0.25, 0.3) is 5.91 Å². The van der Waals surface area contributed by atoms with Crippen LogP contribution in [0, 0.1) is 0 Å². The molecule has 4 nitrogen and oxygen atoms in total. The second kappa shape index (κ2) is 7.66. The fourth-order valence-corrected chi connectivity index (χ4v) is 2.78. The number of anilines is 1. The summed E-state index contributed by atoms with van der Waals surface area (Å²) in [7, 11) is 0. The van der Waals surface area contributed by atoms with Crippen molar-refractivity contribution in [2.75, 3.05) is 11.9 Å². The Kier molecular flexibility index (Phi) is 5.13. The lowest BCUT2D eigenvalue weighted by Crippen LogP contribution is -2.11. The molecule has 5 heteroatoms. The van der Waals surface area contributed by atoms with Crippen LogP contribution in [0.1, 0.15) is 17.3 Å². The Labute approximate surface area is 144 Å². The number of rotatable bonds is 6. The van der Waals surface area contributed by atoms with Gasteiger partial charge in [-0.25, -0.2) is 0 Å². The Morgan fingerprint density at radius 3 is 2.50 bits per heavy atom. The molecule has 0 saturated carbocycles. The summed E-state index contributed by atoms with van der Waals surface area (Å²) >= 11 is 1.49. The Morgan fingerprint density at radius 1 is 1.04 bits per heavy atom. The fourth-order valence-electron chi connectivity index (χ4n) is 2.14. The number of carbonyl (C=O) groups is 1.